The average molecular weight is 206 g/mol. The molecular weight excluding hydrogens is 204 g/mol. The molecule has 0 rings (SSSR count). The molecule has 0 heterocycles. The predicted molar refractivity (Wildman–Crippen MR) is 26.6 cm³/mol. The SMILES string of the molecule is O=C(O)OC(F)(C(=O)O)C(F)(F)F. The van der Waals surface area contributed by atoms with Crippen LogP contribution in [0.1, 0.15) is 0 Å². The first kappa shape index (κ1) is 11.5. The van der Waals surface area contributed by atoms with E-state index in [2.05, 4.69) is 4.74 Å². The smallest absolute Gasteiger partial charge is 0.476 e. The van der Waals surface area contributed by atoms with E-state index < -0.39 is 24.2 Å². The molecule has 5 nitrogen and oxygen atoms in total. The third-order valence-electron chi connectivity index (χ3n) is 0.868. The van der Waals surface area contributed by atoms with Crippen LogP contribution < -0.4 is 0 Å². The topological polar surface area (TPSA) is 83.8 Å². The van der Waals surface area contributed by atoms with Crippen LogP contribution in [0.3, 0.4) is 0 Å². The second-order valence-electron chi connectivity index (χ2n) is 1.77. The Morgan fingerprint density at radius 2 is 1.46 bits per heavy atom. The van der Waals surface area contributed by atoms with Crippen LogP contribution in [0.4, 0.5) is 22.4 Å². The van der Waals surface area contributed by atoms with Gasteiger partial charge in [0.25, 0.3) is 0 Å². The first-order valence-electron chi connectivity index (χ1n) is 2.52. The summed E-state index contributed by atoms with van der Waals surface area (Å²) in [6, 6.07) is 0. The number of halogens is 4. The fourth-order valence-corrected chi connectivity index (χ4v) is 0.343. The number of hydrogen-bond acceptors (Lipinski definition) is 3. The van der Waals surface area contributed by atoms with E-state index in [-0.39, 0.29) is 0 Å². The molecule has 76 valence electrons. The van der Waals surface area contributed by atoms with Crippen molar-refractivity contribution in [2.45, 2.75) is 12.0 Å². The first-order chi connectivity index (χ1) is 5.61. The van der Waals surface area contributed by atoms with Gasteiger partial charge in [-0.05, 0) is 0 Å². The number of ether oxygens (including phenoxy) is 1. The average Bonchev–Trinajstić information content (AvgIpc) is 1.82. The number of aliphatic carboxylic acids is 1. The van der Waals surface area contributed by atoms with Crippen molar-refractivity contribution in [1.29, 1.82) is 0 Å². The summed E-state index contributed by atoms with van der Waals surface area (Å²) in [6.07, 6.45) is -8.64. The molecule has 0 aromatic heterocycles. The predicted octanol–water partition coefficient (Wildman–Crippen LogP) is 0.994. The lowest BCUT2D eigenvalue weighted by Gasteiger charge is -2.21. The minimum absolute atomic E-state index is 2.59. The van der Waals surface area contributed by atoms with Gasteiger partial charge < -0.3 is 14.9 Å². The van der Waals surface area contributed by atoms with Crippen molar-refractivity contribution < 1.29 is 42.1 Å². The second-order valence-corrected chi connectivity index (χ2v) is 1.77. The minimum atomic E-state index is -5.96. The molecule has 0 bridgehead atoms. The van der Waals surface area contributed by atoms with E-state index >= 15 is 0 Å². The van der Waals surface area contributed by atoms with E-state index in [9.17, 15) is 27.2 Å². The lowest BCUT2D eigenvalue weighted by atomic mass is 10.3. The van der Waals surface area contributed by atoms with Gasteiger partial charge in [-0.15, -0.1) is 0 Å². The fraction of sp³-hybridized carbons (Fsp3) is 0.500. The van der Waals surface area contributed by atoms with Crippen molar-refractivity contribution in [3.05, 3.63) is 0 Å². The summed E-state index contributed by atoms with van der Waals surface area (Å²) in [7, 11) is 0. The highest BCUT2D eigenvalue weighted by atomic mass is 19.4. The molecule has 0 fully saturated rings. The molecule has 0 aromatic rings. The number of carboxylic acid groups (broad SMARTS) is 2. The highest BCUT2D eigenvalue weighted by Gasteiger charge is 2.67. The molecule has 0 aliphatic heterocycles. The quantitative estimate of drug-likeness (QED) is 0.519. The summed E-state index contributed by atoms with van der Waals surface area (Å²) in [4.78, 5) is 19.3. The van der Waals surface area contributed by atoms with Gasteiger partial charge in [-0.2, -0.15) is 17.6 Å². The van der Waals surface area contributed by atoms with Crippen molar-refractivity contribution in [2.75, 3.05) is 0 Å². The van der Waals surface area contributed by atoms with Gasteiger partial charge >= 0.3 is 24.2 Å². The summed E-state index contributed by atoms with van der Waals surface area (Å²) in [6.45, 7) is 0. The van der Waals surface area contributed by atoms with Crippen LogP contribution in [0.15, 0.2) is 0 Å². The normalized spacial score (nSPS) is 16.0. The molecule has 0 radical (unpaired) electrons. The van der Waals surface area contributed by atoms with Crippen LogP contribution in [0.5, 0.6) is 0 Å². The first-order valence-corrected chi connectivity index (χ1v) is 2.52. The van der Waals surface area contributed by atoms with Gasteiger partial charge in [-0.1, -0.05) is 0 Å². The maximum absolute atomic E-state index is 12.3. The van der Waals surface area contributed by atoms with Gasteiger partial charge in [0.05, 0.1) is 0 Å². The Balaban J connectivity index is 4.96. The third-order valence-corrected chi connectivity index (χ3v) is 0.868. The van der Waals surface area contributed by atoms with Crippen LogP contribution in [0.25, 0.3) is 0 Å². The zero-order valence-electron chi connectivity index (χ0n) is 5.63. The van der Waals surface area contributed by atoms with Crippen LogP contribution in [0.2, 0.25) is 0 Å². The summed E-state index contributed by atoms with van der Waals surface area (Å²) in [5.41, 5.74) is 0. The monoisotopic (exact) mass is 206 g/mol. The number of carboxylic acids is 1. The molecule has 1 atom stereocenters. The van der Waals surface area contributed by atoms with E-state index in [0.29, 0.717) is 0 Å². The molecule has 0 amide bonds. The minimum Gasteiger partial charge on any atom is -0.476 e. The van der Waals surface area contributed by atoms with Gasteiger partial charge in [0.15, 0.2) is 0 Å². The Hall–Kier alpha value is -1.54. The van der Waals surface area contributed by atoms with Crippen LogP contribution in [0, 0.1) is 0 Å². The van der Waals surface area contributed by atoms with Crippen LogP contribution >= 0.6 is 0 Å². The number of carbonyl (C=O) groups is 2. The summed E-state index contributed by atoms with van der Waals surface area (Å²) in [5.74, 6) is -8.30. The van der Waals surface area contributed by atoms with E-state index in [4.69, 9.17) is 10.2 Å². The highest BCUT2D eigenvalue weighted by molar-refractivity contribution is 5.79. The molecule has 0 aromatic carbocycles. The maximum Gasteiger partial charge on any atom is 0.509 e. The zero-order valence-corrected chi connectivity index (χ0v) is 5.63. The Labute approximate surface area is 67.5 Å². The Bertz CT molecular complexity index is 235. The maximum atomic E-state index is 12.3. The molecule has 2 N–H and O–H groups in total. The largest absolute Gasteiger partial charge is 0.509 e. The van der Waals surface area contributed by atoms with E-state index in [1.165, 1.54) is 0 Å². The number of alkyl halides is 4. The van der Waals surface area contributed by atoms with Crippen molar-refractivity contribution in [3.8, 4) is 0 Å². The van der Waals surface area contributed by atoms with Gasteiger partial charge in [0, 0.05) is 0 Å². The Morgan fingerprint density at radius 1 is 1.08 bits per heavy atom. The lowest BCUT2D eigenvalue weighted by Crippen LogP contribution is -2.51. The van der Waals surface area contributed by atoms with Gasteiger partial charge in [0.1, 0.15) is 0 Å². The third kappa shape index (κ3) is 2.20. The molecule has 9 heteroatoms. The van der Waals surface area contributed by atoms with Gasteiger partial charge in [0.2, 0.25) is 0 Å². The molecule has 1 unspecified atom stereocenters. The van der Waals surface area contributed by atoms with E-state index in [0.717, 1.165) is 0 Å². The molecule has 0 saturated carbocycles. The molecule has 0 spiro atoms. The molecule has 13 heavy (non-hydrogen) atoms. The number of hydrogen-bond donors (Lipinski definition) is 2. The fourth-order valence-electron chi connectivity index (χ4n) is 0.343. The van der Waals surface area contributed by atoms with E-state index in [1.54, 1.807) is 0 Å². The van der Waals surface area contributed by atoms with Crippen LogP contribution in [-0.2, 0) is 9.53 Å². The van der Waals surface area contributed by atoms with Crippen molar-refractivity contribution in [2.24, 2.45) is 0 Å². The van der Waals surface area contributed by atoms with Crippen molar-refractivity contribution in [1.82, 2.24) is 0 Å². The summed E-state index contributed by atoms with van der Waals surface area (Å²) >= 11 is 0. The molecule has 0 aliphatic rings. The zero-order chi connectivity index (χ0) is 10.9. The summed E-state index contributed by atoms with van der Waals surface area (Å²) in [5, 5.41) is 15.4. The van der Waals surface area contributed by atoms with Crippen molar-refractivity contribution in [3.63, 3.8) is 0 Å². The van der Waals surface area contributed by atoms with Gasteiger partial charge in [-0.3, -0.25) is 0 Å². The molecule has 0 saturated heterocycles. The summed E-state index contributed by atoms with van der Waals surface area (Å²) < 4.78 is 49.6. The standard InChI is InChI=1S/C4H2F4O5/c5-3(1(9)10,4(6,7)8)13-2(11)12/h(H,9,10)(H,11,12). The highest BCUT2D eigenvalue weighted by Crippen LogP contribution is 2.35. The molecule has 0 aliphatic carbocycles. The van der Waals surface area contributed by atoms with Gasteiger partial charge in [-0.25, -0.2) is 9.59 Å². The molecular formula is C4H2F4O5. The second kappa shape index (κ2) is 3.07. The lowest BCUT2D eigenvalue weighted by molar-refractivity contribution is -0.307. The Kier molecular flexibility index (Phi) is 2.71. The van der Waals surface area contributed by atoms with Crippen molar-refractivity contribution >= 4 is 12.1 Å². The number of rotatable bonds is 2. The van der Waals surface area contributed by atoms with Crippen LogP contribution in [-0.4, -0.2) is 34.4 Å². The Morgan fingerprint density at radius 3 is 1.54 bits per heavy atom. The van der Waals surface area contributed by atoms with E-state index in [1.807, 2.05) is 0 Å².